The molecule has 2 N–H and O–H groups in total. The van der Waals surface area contributed by atoms with Crippen LogP contribution in [-0.2, 0) is 10.5 Å². The second-order valence-electron chi connectivity index (χ2n) is 5.70. The maximum absolute atomic E-state index is 12.6. The third kappa shape index (κ3) is 6.15. The summed E-state index contributed by atoms with van der Waals surface area (Å²) in [5.74, 6) is 0.0884. The van der Waals surface area contributed by atoms with Crippen molar-refractivity contribution in [3.63, 3.8) is 0 Å². The summed E-state index contributed by atoms with van der Waals surface area (Å²) in [6, 6.07) is 14.5. The molecular formula is C19H21NO4S. The minimum absolute atomic E-state index is 0.0245. The molecule has 2 rings (SSSR count). The van der Waals surface area contributed by atoms with E-state index in [0.717, 1.165) is 5.56 Å². The minimum atomic E-state index is -0.837. The number of benzene rings is 2. The van der Waals surface area contributed by atoms with Crippen LogP contribution < -0.4 is 10.1 Å². The summed E-state index contributed by atoms with van der Waals surface area (Å²) < 4.78 is 5.68. The van der Waals surface area contributed by atoms with Crippen molar-refractivity contribution in [3.05, 3.63) is 59.7 Å². The lowest BCUT2D eigenvalue weighted by molar-refractivity contribution is -0.133. The summed E-state index contributed by atoms with van der Waals surface area (Å²) in [6.07, 6.45) is -0.0245. The van der Waals surface area contributed by atoms with Crippen molar-refractivity contribution in [2.24, 2.45) is 0 Å². The molecule has 2 aromatic carbocycles. The molecule has 2 aromatic rings. The summed E-state index contributed by atoms with van der Waals surface area (Å²) in [5.41, 5.74) is 2.09. The second-order valence-corrected chi connectivity index (χ2v) is 6.69. The van der Waals surface area contributed by atoms with E-state index in [2.05, 4.69) is 5.32 Å². The van der Waals surface area contributed by atoms with E-state index in [1.807, 2.05) is 38.1 Å². The van der Waals surface area contributed by atoms with Crippen LogP contribution in [0.1, 0.15) is 29.8 Å². The lowest BCUT2D eigenvalue weighted by Crippen LogP contribution is -2.15. The van der Waals surface area contributed by atoms with Crippen LogP contribution in [0.5, 0.6) is 5.75 Å². The first-order chi connectivity index (χ1) is 12.0. The summed E-state index contributed by atoms with van der Waals surface area (Å²) in [5, 5.41) is 11.6. The number of carbonyl (C=O) groups excluding carboxylic acids is 1. The zero-order chi connectivity index (χ0) is 18.2. The molecule has 0 aliphatic rings. The van der Waals surface area contributed by atoms with Gasteiger partial charge in [-0.3, -0.25) is 9.59 Å². The number of anilines is 1. The van der Waals surface area contributed by atoms with Gasteiger partial charge in [-0.1, -0.05) is 24.3 Å². The van der Waals surface area contributed by atoms with E-state index in [1.54, 1.807) is 24.3 Å². The number of amides is 1. The second kappa shape index (κ2) is 9.13. The number of thioether (sulfide) groups is 1. The standard InChI is InChI=1S/C19H21NO4S/c1-13(2)24-17-9-4-3-8-16(17)19(23)20-15-7-5-6-14(10-15)11-25-12-18(21)22/h3-10,13H,11-12H2,1-2H3,(H,20,23)(H,21,22). The molecule has 0 aromatic heterocycles. The quantitative estimate of drug-likeness (QED) is 0.744. The first-order valence-electron chi connectivity index (χ1n) is 7.91. The van der Waals surface area contributed by atoms with Gasteiger partial charge in [0.15, 0.2) is 0 Å². The van der Waals surface area contributed by atoms with Gasteiger partial charge in [-0.2, -0.15) is 0 Å². The van der Waals surface area contributed by atoms with Gasteiger partial charge < -0.3 is 15.2 Å². The molecule has 0 aliphatic heterocycles. The van der Waals surface area contributed by atoms with Crippen molar-refractivity contribution < 1.29 is 19.4 Å². The van der Waals surface area contributed by atoms with Gasteiger partial charge in [-0.25, -0.2) is 0 Å². The van der Waals surface area contributed by atoms with Crippen molar-refractivity contribution in [2.45, 2.75) is 25.7 Å². The fourth-order valence-electron chi connectivity index (χ4n) is 2.20. The van der Waals surface area contributed by atoms with Gasteiger partial charge in [0.05, 0.1) is 17.4 Å². The summed E-state index contributed by atoms with van der Waals surface area (Å²) in [6.45, 7) is 3.82. The number of hydrogen-bond acceptors (Lipinski definition) is 4. The van der Waals surface area contributed by atoms with Crippen molar-refractivity contribution in [3.8, 4) is 5.75 Å². The molecule has 1 amide bonds. The van der Waals surface area contributed by atoms with Crippen LogP contribution in [0.3, 0.4) is 0 Å². The monoisotopic (exact) mass is 359 g/mol. The van der Waals surface area contributed by atoms with Gasteiger partial charge in [0.25, 0.3) is 5.91 Å². The smallest absolute Gasteiger partial charge is 0.313 e. The van der Waals surface area contributed by atoms with Gasteiger partial charge >= 0.3 is 5.97 Å². The minimum Gasteiger partial charge on any atom is -0.490 e. The van der Waals surface area contributed by atoms with Gasteiger partial charge in [0, 0.05) is 11.4 Å². The van der Waals surface area contributed by atoms with Crippen molar-refractivity contribution >= 4 is 29.3 Å². The molecule has 132 valence electrons. The van der Waals surface area contributed by atoms with Crippen LogP contribution in [0.2, 0.25) is 0 Å². The van der Waals surface area contributed by atoms with Gasteiger partial charge in [-0.15, -0.1) is 11.8 Å². The fourth-order valence-corrected chi connectivity index (χ4v) is 2.90. The lowest BCUT2D eigenvalue weighted by atomic mass is 10.1. The Hall–Kier alpha value is -2.47. The number of aliphatic carboxylic acids is 1. The normalized spacial score (nSPS) is 10.5. The van der Waals surface area contributed by atoms with E-state index in [9.17, 15) is 9.59 Å². The molecular weight excluding hydrogens is 338 g/mol. The van der Waals surface area contributed by atoms with E-state index < -0.39 is 5.97 Å². The lowest BCUT2D eigenvalue weighted by Gasteiger charge is -2.14. The Morgan fingerprint density at radius 1 is 1.16 bits per heavy atom. The van der Waals surface area contributed by atoms with E-state index in [4.69, 9.17) is 9.84 Å². The molecule has 0 aliphatic carbocycles. The Balaban J connectivity index is 2.07. The first-order valence-corrected chi connectivity index (χ1v) is 9.06. The predicted molar refractivity (Wildman–Crippen MR) is 100 cm³/mol. The molecule has 0 heterocycles. The molecule has 0 fully saturated rings. The molecule has 5 nitrogen and oxygen atoms in total. The highest BCUT2D eigenvalue weighted by Crippen LogP contribution is 2.22. The molecule has 0 saturated heterocycles. The molecule has 0 atom stereocenters. The average Bonchev–Trinajstić information content (AvgIpc) is 2.54. The van der Waals surface area contributed by atoms with Crippen LogP contribution in [0.4, 0.5) is 5.69 Å². The number of nitrogens with one attached hydrogen (secondary N) is 1. The predicted octanol–water partition coefficient (Wildman–Crippen LogP) is 4.04. The summed E-state index contributed by atoms with van der Waals surface area (Å²) >= 11 is 1.32. The number of rotatable bonds is 8. The Kier molecular flexibility index (Phi) is 6.89. The molecule has 0 radical (unpaired) electrons. The van der Waals surface area contributed by atoms with Gasteiger partial charge in [0.1, 0.15) is 5.75 Å². The number of hydrogen-bond donors (Lipinski definition) is 2. The fraction of sp³-hybridized carbons (Fsp3) is 0.263. The van der Waals surface area contributed by atoms with Crippen LogP contribution in [0.25, 0.3) is 0 Å². The maximum Gasteiger partial charge on any atom is 0.313 e. The number of carbonyl (C=O) groups is 2. The summed E-state index contributed by atoms with van der Waals surface area (Å²) in [4.78, 5) is 23.1. The van der Waals surface area contributed by atoms with E-state index in [-0.39, 0.29) is 17.8 Å². The number of para-hydroxylation sites is 1. The zero-order valence-corrected chi connectivity index (χ0v) is 15.0. The van der Waals surface area contributed by atoms with Crippen LogP contribution in [-0.4, -0.2) is 28.8 Å². The largest absolute Gasteiger partial charge is 0.490 e. The highest BCUT2D eigenvalue weighted by atomic mass is 32.2. The Morgan fingerprint density at radius 3 is 2.64 bits per heavy atom. The van der Waals surface area contributed by atoms with Crippen molar-refractivity contribution in [2.75, 3.05) is 11.1 Å². The number of carboxylic acid groups (broad SMARTS) is 1. The molecule has 0 bridgehead atoms. The topological polar surface area (TPSA) is 75.6 Å². The van der Waals surface area contributed by atoms with Gasteiger partial charge in [-0.05, 0) is 43.7 Å². The molecule has 0 saturated carbocycles. The molecule has 0 spiro atoms. The number of carboxylic acids is 1. The third-order valence-corrected chi connectivity index (χ3v) is 4.16. The molecule has 0 unspecified atom stereocenters. The maximum atomic E-state index is 12.6. The van der Waals surface area contributed by atoms with E-state index >= 15 is 0 Å². The Bertz CT molecular complexity index is 746. The van der Waals surface area contributed by atoms with Crippen LogP contribution in [0.15, 0.2) is 48.5 Å². The average molecular weight is 359 g/mol. The van der Waals surface area contributed by atoms with Gasteiger partial charge in [0.2, 0.25) is 0 Å². The third-order valence-electron chi connectivity index (χ3n) is 3.17. The zero-order valence-electron chi connectivity index (χ0n) is 14.2. The van der Waals surface area contributed by atoms with Crippen molar-refractivity contribution in [1.82, 2.24) is 0 Å². The molecule has 25 heavy (non-hydrogen) atoms. The van der Waals surface area contributed by atoms with Crippen LogP contribution in [0, 0.1) is 0 Å². The Morgan fingerprint density at radius 2 is 1.92 bits per heavy atom. The number of ether oxygens (including phenoxy) is 1. The van der Waals surface area contributed by atoms with E-state index in [0.29, 0.717) is 22.8 Å². The first kappa shape index (κ1) is 18.9. The van der Waals surface area contributed by atoms with Crippen LogP contribution >= 0.6 is 11.8 Å². The Labute approximate surface area is 151 Å². The highest BCUT2D eigenvalue weighted by Gasteiger charge is 2.13. The highest BCUT2D eigenvalue weighted by molar-refractivity contribution is 7.99. The summed E-state index contributed by atoms with van der Waals surface area (Å²) in [7, 11) is 0. The SMILES string of the molecule is CC(C)Oc1ccccc1C(=O)Nc1cccc(CSCC(=O)O)c1. The molecule has 6 heteroatoms. The van der Waals surface area contributed by atoms with Crippen molar-refractivity contribution in [1.29, 1.82) is 0 Å². The van der Waals surface area contributed by atoms with E-state index in [1.165, 1.54) is 11.8 Å².